The first-order chi connectivity index (χ1) is 7.45. The zero-order chi connectivity index (χ0) is 10.1. The van der Waals surface area contributed by atoms with E-state index in [1.54, 1.807) is 0 Å². The maximum atomic E-state index is 2.21. The van der Waals surface area contributed by atoms with E-state index < -0.39 is 0 Å². The SMILES string of the molecule is B1C=CC=C1c1cccc2ccccc12. The Labute approximate surface area is 90.2 Å². The van der Waals surface area contributed by atoms with Crippen LogP contribution in [-0.2, 0) is 0 Å². The molecule has 0 saturated heterocycles. The molecule has 0 fully saturated rings. The highest BCUT2D eigenvalue weighted by atomic mass is 14.0. The average molecular weight is 190 g/mol. The molecule has 0 spiro atoms. The van der Waals surface area contributed by atoms with Crippen LogP contribution in [0.2, 0.25) is 0 Å². The Hall–Kier alpha value is -1.76. The molecule has 0 atom stereocenters. The van der Waals surface area contributed by atoms with E-state index in [0.717, 1.165) is 7.28 Å². The Kier molecular flexibility index (Phi) is 1.95. The van der Waals surface area contributed by atoms with Crippen molar-refractivity contribution >= 4 is 23.5 Å². The lowest BCUT2D eigenvalue weighted by atomic mass is 9.69. The van der Waals surface area contributed by atoms with Gasteiger partial charge in [0.15, 0.2) is 7.28 Å². The van der Waals surface area contributed by atoms with Crippen molar-refractivity contribution in [1.82, 2.24) is 0 Å². The maximum absolute atomic E-state index is 2.21. The van der Waals surface area contributed by atoms with Gasteiger partial charge in [-0.3, -0.25) is 0 Å². The quantitative estimate of drug-likeness (QED) is 0.606. The van der Waals surface area contributed by atoms with Crippen molar-refractivity contribution in [2.75, 3.05) is 0 Å². The fourth-order valence-corrected chi connectivity index (χ4v) is 2.15. The lowest BCUT2D eigenvalue weighted by Gasteiger charge is -2.06. The predicted molar refractivity (Wildman–Crippen MR) is 68.2 cm³/mol. The number of hydrogen-bond acceptors (Lipinski definition) is 0. The smallest absolute Gasteiger partial charge is 0.114 e. The van der Waals surface area contributed by atoms with Gasteiger partial charge < -0.3 is 0 Å². The summed E-state index contributed by atoms with van der Waals surface area (Å²) in [5, 5.41) is 2.68. The summed E-state index contributed by atoms with van der Waals surface area (Å²) in [5.74, 6) is 2.21. The van der Waals surface area contributed by atoms with Gasteiger partial charge in [0.1, 0.15) is 0 Å². The van der Waals surface area contributed by atoms with Crippen molar-refractivity contribution in [3.63, 3.8) is 0 Å². The molecule has 1 aliphatic heterocycles. The highest BCUT2D eigenvalue weighted by Crippen LogP contribution is 2.26. The van der Waals surface area contributed by atoms with Gasteiger partial charge in [-0.05, 0) is 16.3 Å². The van der Waals surface area contributed by atoms with Gasteiger partial charge in [-0.2, -0.15) is 0 Å². The third kappa shape index (κ3) is 1.40. The topological polar surface area (TPSA) is 0 Å². The van der Waals surface area contributed by atoms with Gasteiger partial charge in [0.25, 0.3) is 0 Å². The van der Waals surface area contributed by atoms with E-state index in [1.807, 2.05) is 0 Å². The number of benzene rings is 2. The van der Waals surface area contributed by atoms with Gasteiger partial charge in [-0.1, -0.05) is 60.1 Å². The monoisotopic (exact) mass is 190 g/mol. The Morgan fingerprint density at radius 2 is 1.73 bits per heavy atom. The molecule has 0 unspecified atom stereocenters. The zero-order valence-corrected chi connectivity index (χ0v) is 8.48. The maximum Gasteiger partial charge on any atom is 0.183 e. The molecule has 0 radical (unpaired) electrons. The molecule has 1 heteroatoms. The number of rotatable bonds is 1. The fraction of sp³-hybridized carbons (Fsp3) is 0. The van der Waals surface area contributed by atoms with Gasteiger partial charge >= 0.3 is 0 Å². The summed E-state index contributed by atoms with van der Waals surface area (Å²) in [4.78, 5) is 0. The molecular weight excluding hydrogens is 179 g/mol. The standard InChI is InChI=1S/C14H11B/c1-2-7-12-11(5-1)6-3-8-13(12)14-9-4-10-15-14/h1-10,15H. The first kappa shape index (κ1) is 8.54. The molecule has 3 rings (SSSR count). The van der Waals surface area contributed by atoms with Crippen molar-refractivity contribution in [2.24, 2.45) is 0 Å². The summed E-state index contributed by atoms with van der Waals surface area (Å²) in [6.45, 7) is 0. The molecule has 70 valence electrons. The molecule has 0 N–H and O–H groups in total. The van der Waals surface area contributed by atoms with Crippen LogP contribution >= 0.6 is 0 Å². The van der Waals surface area contributed by atoms with Crippen LogP contribution in [0.3, 0.4) is 0 Å². The normalized spacial score (nSPS) is 14.0. The van der Waals surface area contributed by atoms with E-state index in [-0.39, 0.29) is 0 Å². The summed E-state index contributed by atoms with van der Waals surface area (Å²) < 4.78 is 0. The minimum absolute atomic E-state index is 1.06. The molecule has 0 aromatic heterocycles. The number of hydrogen-bond donors (Lipinski definition) is 0. The minimum atomic E-state index is 1.06. The van der Waals surface area contributed by atoms with Crippen LogP contribution in [0.25, 0.3) is 16.2 Å². The van der Waals surface area contributed by atoms with Crippen molar-refractivity contribution in [3.05, 3.63) is 66.2 Å². The second-order valence-corrected chi connectivity index (χ2v) is 3.85. The van der Waals surface area contributed by atoms with E-state index in [9.17, 15) is 0 Å². The van der Waals surface area contributed by atoms with Crippen LogP contribution in [0.15, 0.2) is 60.6 Å². The average Bonchev–Trinajstić information content (AvgIpc) is 2.82. The van der Waals surface area contributed by atoms with Crippen LogP contribution in [0.5, 0.6) is 0 Å². The van der Waals surface area contributed by atoms with Gasteiger partial charge in [0.05, 0.1) is 0 Å². The molecule has 2 aromatic rings. The molecule has 0 nitrogen and oxygen atoms in total. The Balaban J connectivity index is 2.26. The number of fused-ring (bicyclic) bond motifs is 1. The van der Waals surface area contributed by atoms with Crippen molar-refractivity contribution in [3.8, 4) is 0 Å². The highest BCUT2D eigenvalue weighted by molar-refractivity contribution is 6.67. The first-order valence-corrected chi connectivity index (χ1v) is 5.29. The molecule has 1 heterocycles. The van der Waals surface area contributed by atoms with E-state index in [0.29, 0.717) is 0 Å². The van der Waals surface area contributed by atoms with Crippen LogP contribution in [-0.4, -0.2) is 7.28 Å². The molecule has 0 aliphatic carbocycles. The van der Waals surface area contributed by atoms with Crippen molar-refractivity contribution in [2.45, 2.75) is 0 Å². The summed E-state index contributed by atoms with van der Waals surface area (Å²) >= 11 is 0. The van der Waals surface area contributed by atoms with Crippen LogP contribution in [0.1, 0.15) is 5.56 Å². The summed E-state index contributed by atoms with van der Waals surface area (Å²) in [6, 6.07) is 15.1. The van der Waals surface area contributed by atoms with Crippen LogP contribution < -0.4 is 0 Å². The third-order valence-corrected chi connectivity index (χ3v) is 2.91. The zero-order valence-electron chi connectivity index (χ0n) is 8.48. The van der Waals surface area contributed by atoms with Gasteiger partial charge in [0, 0.05) is 0 Å². The Morgan fingerprint density at radius 3 is 2.60 bits per heavy atom. The van der Waals surface area contributed by atoms with Gasteiger partial charge in [0.2, 0.25) is 0 Å². The lowest BCUT2D eigenvalue weighted by Crippen LogP contribution is -1.90. The molecule has 1 aliphatic rings. The third-order valence-electron chi connectivity index (χ3n) is 2.91. The lowest BCUT2D eigenvalue weighted by molar-refractivity contribution is 1.70. The second-order valence-electron chi connectivity index (χ2n) is 3.85. The van der Waals surface area contributed by atoms with E-state index in [2.05, 4.69) is 60.6 Å². The summed E-state index contributed by atoms with van der Waals surface area (Å²) in [7, 11) is 1.06. The van der Waals surface area contributed by atoms with E-state index in [1.165, 1.54) is 21.8 Å². The largest absolute Gasteiger partial charge is 0.183 e. The molecular formula is C14H11B. The van der Waals surface area contributed by atoms with Gasteiger partial charge in [-0.25, -0.2) is 0 Å². The van der Waals surface area contributed by atoms with Crippen molar-refractivity contribution < 1.29 is 0 Å². The summed E-state index contributed by atoms with van der Waals surface area (Å²) in [6.07, 6.45) is 4.35. The molecule has 15 heavy (non-hydrogen) atoms. The fourth-order valence-electron chi connectivity index (χ4n) is 2.15. The second kappa shape index (κ2) is 3.43. The molecule has 0 saturated carbocycles. The molecule has 0 bridgehead atoms. The molecule has 0 amide bonds. The van der Waals surface area contributed by atoms with Crippen LogP contribution in [0.4, 0.5) is 0 Å². The van der Waals surface area contributed by atoms with E-state index in [4.69, 9.17) is 0 Å². The molecule has 2 aromatic carbocycles. The predicted octanol–water partition coefficient (Wildman–Crippen LogP) is 3.14. The Bertz CT molecular complexity index is 559. The van der Waals surface area contributed by atoms with Crippen LogP contribution in [0, 0.1) is 0 Å². The van der Waals surface area contributed by atoms with Crippen molar-refractivity contribution in [1.29, 1.82) is 0 Å². The Morgan fingerprint density at radius 1 is 0.867 bits per heavy atom. The van der Waals surface area contributed by atoms with E-state index >= 15 is 0 Å². The van der Waals surface area contributed by atoms with Gasteiger partial charge in [-0.15, -0.1) is 5.98 Å². The first-order valence-electron chi connectivity index (χ1n) is 5.29. The number of allylic oxidation sites excluding steroid dienone is 2. The summed E-state index contributed by atoms with van der Waals surface area (Å²) in [5.41, 5.74) is 2.80. The highest BCUT2D eigenvalue weighted by Gasteiger charge is 2.07. The minimum Gasteiger partial charge on any atom is -0.114 e.